The summed E-state index contributed by atoms with van der Waals surface area (Å²) >= 11 is 0. The highest BCUT2D eigenvalue weighted by molar-refractivity contribution is 5.43. The first kappa shape index (κ1) is 9.71. The minimum absolute atomic E-state index is 0.0133. The minimum Gasteiger partial charge on any atom is -0.358 e. The normalized spacial score (nSPS) is 14.5. The lowest BCUT2D eigenvalue weighted by molar-refractivity contribution is -0.392. The van der Waals surface area contributed by atoms with Crippen molar-refractivity contribution in [2.45, 2.75) is 19.8 Å². The third-order valence-electron chi connectivity index (χ3n) is 2.43. The molecule has 2 rings (SSSR count). The highest BCUT2D eigenvalue weighted by Gasteiger charge is 2.22. The van der Waals surface area contributed by atoms with E-state index >= 15 is 0 Å². The monoisotopic (exact) mass is 205 g/mol. The molecule has 0 N–H and O–H groups in total. The van der Waals surface area contributed by atoms with Crippen LogP contribution in [-0.4, -0.2) is 14.5 Å². The van der Waals surface area contributed by atoms with Gasteiger partial charge < -0.3 is 10.1 Å². The van der Waals surface area contributed by atoms with Crippen molar-refractivity contribution in [3.63, 3.8) is 0 Å². The smallest absolute Gasteiger partial charge is 0.358 e. The Labute approximate surface area is 87.3 Å². The SMILES string of the molecule is Cc1nc(C#CC2CC2)c([N+](=O)[O-])n1C. The van der Waals surface area contributed by atoms with Crippen molar-refractivity contribution < 1.29 is 4.92 Å². The van der Waals surface area contributed by atoms with Gasteiger partial charge in [0.05, 0.1) is 7.05 Å². The predicted octanol–water partition coefficient (Wildman–Crippen LogP) is 1.40. The zero-order valence-corrected chi connectivity index (χ0v) is 8.65. The first-order chi connectivity index (χ1) is 7.09. The number of nitro groups is 1. The lowest BCUT2D eigenvalue weighted by Crippen LogP contribution is -1.99. The van der Waals surface area contributed by atoms with Gasteiger partial charge in [-0.3, -0.25) is 0 Å². The molecule has 0 bridgehead atoms. The number of hydrogen-bond acceptors (Lipinski definition) is 3. The molecular formula is C10H11N3O2. The third-order valence-corrected chi connectivity index (χ3v) is 2.43. The second kappa shape index (κ2) is 3.39. The maximum absolute atomic E-state index is 10.8. The van der Waals surface area contributed by atoms with E-state index in [4.69, 9.17) is 0 Å². The Morgan fingerprint density at radius 2 is 2.27 bits per heavy atom. The van der Waals surface area contributed by atoms with Crippen LogP contribution in [0.2, 0.25) is 0 Å². The van der Waals surface area contributed by atoms with Crippen LogP contribution in [0.1, 0.15) is 24.4 Å². The molecule has 1 aromatic heterocycles. The number of aryl methyl sites for hydroxylation is 1. The van der Waals surface area contributed by atoms with Crippen LogP contribution in [0.5, 0.6) is 0 Å². The summed E-state index contributed by atoms with van der Waals surface area (Å²) in [5.41, 5.74) is 0.284. The molecule has 0 unspecified atom stereocenters. The van der Waals surface area contributed by atoms with Gasteiger partial charge >= 0.3 is 5.82 Å². The van der Waals surface area contributed by atoms with Gasteiger partial charge in [-0.05, 0) is 23.7 Å². The van der Waals surface area contributed by atoms with Gasteiger partial charge in [0.2, 0.25) is 5.69 Å². The molecule has 0 radical (unpaired) electrons. The van der Waals surface area contributed by atoms with E-state index < -0.39 is 4.92 Å². The lowest BCUT2D eigenvalue weighted by atomic mass is 10.3. The second-order valence-corrected chi connectivity index (χ2v) is 3.69. The van der Waals surface area contributed by atoms with Crippen molar-refractivity contribution in [3.8, 4) is 11.8 Å². The van der Waals surface area contributed by atoms with Crippen molar-refractivity contribution >= 4 is 5.82 Å². The summed E-state index contributed by atoms with van der Waals surface area (Å²) in [5, 5.41) is 10.8. The summed E-state index contributed by atoms with van der Waals surface area (Å²) in [6.45, 7) is 1.73. The van der Waals surface area contributed by atoms with Crippen LogP contribution in [0.15, 0.2) is 0 Å². The molecule has 0 aromatic carbocycles. The topological polar surface area (TPSA) is 61.0 Å². The summed E-state index contributed by atoms with van der Waals surface area (Å²) in [6, 6.07) is 0. The molecule has 78 valence electrons. The van der Waals surface area contributed by atoms with Crippen LogP contribution >= 0.6 is 0 Å². The van der Waals surface area contributed by atoms with Gasteiger partial charge in [0.25, 0.3) is 0 Å². The maximum Gasteiger partial charge on any atom is 0.358 e. The van der Waals surface area contributed by atoms with Crippen molar-refractivity contribution in [1.82, 2.24) is 9.55 Å². The fourth-order valence-electron chi connectivity index (χ4n) is 1.29. The minimum atomic E-state index is -0.434. The van der Waals surface area contributed by atoms with Crippen LogP contribution in [0.3, 0.4) is 0 Å². The molecule has 0 atom stereocenters. The molecule has 1 heterocycles. The van der Waals surface area contributed by atoms with Gasteiger partial charge in [-0.15, -0.1) is 0 Å². The van der Waals surface area contributed by atoms with E-state index in [-0.39, 0.29) is 11.5 Å². The molecule has 1 aromatic rings. The number of rotatable bonds is 1. The average Bonchev–Trinajstić information content (AvgIpc) is 2.92. The summed E-state index contributed by atoms with van der Waals surface area (Å²) in [4.78, 5) is 14.4. The van der Waals surface area contributed by atoms with E-state index in [1.54, 1.807) is 14.0 Å². The molecule has 1 fully saturated rings. The zero-order chi connectivity index (χ0) is 11.0. The molecule has 15 heavy (non-hydrogen) atoms. The fourth-order valence-corrected chi connectivity index (χ4v) is 1.29. The Balaban J connectivity index is 2.42. The first-order valence-electron chi connectivity index (χ1n) is 4.79. The molecule has 0 spiro atoms. The summed E-state index contributed by atoms with van der Waals surface area (Å²) in [5.74, 6) is 6.80. The number of aromatic nitrogens is 2. The van der Waals surface area contributed by atoms with Crippen molar-refractivity contribution in [1.29, 1.82) is 0 Å². The first-order valence-corrected chi connectivity index (χ1v) is 4.79. The Hall–Kier alpha value is -1.83. The van der Waals surface area contributed by atoms with E-state index in [0.717, 1.165) is 12.8 Å². The molecule has 0 saturated heterocycles. The molecule has 5 heteroatoms. The largest absolute Gasteiger partial charge is 0.358 e. The predicted molar refractivity (Wildman–Crippen MR) is 54.2 cm³/mol. The zero-order valence-electron chi connectivity index (χ0n) is 8.65. The highest BCUT2D eigenvalue weighted by Crippen LogP contribution is 2.28. The maximum atomic E-state index is 10.8. The Kier molecular flexibility index (Phi) is 2.19. The van der Waals surface area contributed by atoms with E-state index in [0.29, 0.717) is 11.7 Å². The average molecular weight is 205 g/mol. The molecule has 5 nitrogen and oxygen atoms in total. The van der Waals surface area contributed by atoms with Crippen molar-refractivity contribution in [2.75, 3.05) is 0 Å². The van der Waals surface area contributed by atoms with Crippen LogP contribution in [0.4, 0.5) is 5.82 Å². The van der Waals surface area contributed by atoms with Crippen LogP contribution in [0.25, 0.3) is 0 Å². The summed E-state index contributed by atoms with van der Waals surface area (Å²) in [6.07, 6.45) is 2.21. The fraction of sp³-hybridized carbons (Fsp3) is 0.500. The number of imidazole rings is 1. The molecule has 1 aliphatic carbocycles. The quantitative estimate of drug-likeness (QED) is 0.395. The van der Waals surface area contributed by atoms with E-state index in [9.17, 15) is 10.1 Å². The van der Waals surface area contributed by atoms with E-state index in [1.807, 2.05) is 0 Å². The second-order valence-electron chi connectivity index (χ2n) is 3.69. The summed E-state index contributed by atoms with van der Waals surface area (Å²) < 4.78 is 1.46. The molecule has 1 aliphatic rings. The van der Waals surface area contributed by atoms with Crippen LogP contribution < -0.4 is 0 Å². The Bertz CT molecular complexity index is 475. The Morgan fingerprint density at radius 1 is 1.60 bits per heavy atom. The van der Waals surface area contributed by atoms with Gasteiger partial charge in [0.1, 0.15) is 0 Å². The van der Waals surface area contributed by atoms with Crippen LogP contribution in [0, 0.1) is 34.8 Å². The Morgan fingerprint density at radius 3 is 2.80 bits per heavy atom. The molecule has 1 saturated carbocycles. The third kappa shape index (κ3) is 1.84. The van der Waals surface area contributed by atoms with E-state index in [1.165, 1.54) is 4.57 Å². The van der Waals surface area contributed by atoms with Crippen molar-refractivity contribution in [2.24, 2.45) is 13.0 Å². The van der Waals surface area contributed by atoms with Gasteiger partial charge in [-0.2, -0.15) is 4.98 Å². The number of hydrogen-bond donors (Lipinski definition) is 0. The standard InChI is InChI=1S/C10H11N3O2/c1-7-11-9(6-5-8-3-4-8)10(12(7)2)13(14)15/h8H,3-4H2,1-2H3. The molecular weight excluding hydrogens is 194 g/mol. The van der Waals surface area contributed by atoms with Gasteiger partial charge in [0.15, 0.2) is 5.82 Å². The van der Waals surface area contributed by atoms with Gasteiger partial charge in [0, 0.05) is 12.8 Å². The van der Waals surface area contributed by atoms with E-state index in [2.05, 4.69) is 16.8 Å². The molecule has 0 amide bonds. The molecule has 0 aliphatic heterocycles. The highest BCUT2D eigenvalue weighted by atomic mass is 16.6. The lowest BCUT2D eigenvalue weighted by Gasteiger charge is -1.94. The van der Waals surface area contributed by atoms with Gasteiger partial charge in [-0.1, -0.05) is 5.92 Å². The number of nitrogens with zero attached hydrogens (tertiary/aromatic N) is 3. The summed E-state index contributed by atoms with van der Waals surface area (Å²) in [7, 11) is 1.63. The van der Waals surface area contributed by atoms with Crippen molar-refractivity contribution in [3.05, 3.63) is 21.6 Å². The van der Waals surface area contributed by atoms with Gasteiger partial charge in [-0.25, -0.2) is 4.57 Å². The van der Waals surface area contributed by atoms with Crippen LogP contribution in [-0.2, 0) is 7.05 Å².